The Balaban J connectivity index is 2.49. The molecule has 0 aromatic heterocycles. The highest BCUT2D eigenvalue weighted by molar-refractivity contribution is 4.99. The van der Waals surface area contributed by atoms with Crippen molar-refractivity contribution in [2.24, 2.45) is 11.8 Å². The standard InChI is InChI=1S/C11H18/c1-10(2)11-8-6-4-3-5-7-9-11/h4,6-7,9-11H,3,5,8H2,1-2H3/b6-4-,9-7-. The lowest BCUT2D eigenvalue weighted by molar-refractivity contribution is 0.467. The summed E-state index contributed by atoms with van der Waals surface area (Å²) in [5.41, 5.74) is 0. The van der Waals surface area contributed by atoms with Crippen molar-refractivity contribution in [1.82, 2.24) is 0 Å². The molecule has 0 amide bonds. The smallest absolute Gasteiger partial charge is 0.0176 e. The summed E-state index contributed by atoms with van der Waals surface area (Å²) in [6, 6.07) is 0. The Morgan fingerprint density at radius 3 is 2.55 bits per heavy atom. The van der Waals surface area contributed by atoms with Crippen molar-refractivity contribution < 1.29 is 0 Å². The highest BCUT2D eigenvalue weighted by atomic mass is 14.1. The number of hydrogen-bond donors (Lipinski definition) is 0. The predicted octanol–water partition coefficient (Wildman–Crippen LogP) is 3.55. The van der Waals surface area contributed by atoms with Crippen molar-refractivity contribution in [3.8, 4) is 0 Å². The van der Waals surface area contributed by atoms with Crippen LogP contribution in [0.3, 0.4) is 0 Å². The maximum absolute atomic E-state index is 2.38. The topological polar surface area (TPSA) is 0 Å². The average molecular weight is 150 g/mol. The lowest BCUT2D eigenvalue weighted by Crippen LogP contribution is -2.04. The molecule has 11 heavy (non-hydrogen) atoms. The van der Waals surface area contributed by atoms with Gasteiger partial charge in [0.05, 0.1) is 0 Å². The molecule has 0 saturated heterocycles. The molecule has 1 atom stereocenters. The molecule has 0 N–H and O–H groups in total. The second-order valence-corrected chi connectivity index (χ2v) is 3.62. The summed E-state index contributed by atoms with van der Waals surface area (Å²) in [6.45, 7) is 4.59. The molecule has 0 nitrogen and oxygen atoms in total. The van der Waals surface area contributed by atoms with Gasteiger partial charge in [0.25, 0.3) is 0 Å². The molecule has 0 bridgehead atoms. The Morgan fingerprint density at radius 1 is 1.09 bits per heavy atom. The first-order chi connectivity index (χ1) is 5.30. The number of allylic oxidation sites excluding steroid dienone is 4. The van der Waals surface area contributed by atoms with Crippen LogP contribution in [0.5, 0.6) is 0 Å². The van der Waals surface area contributed by atoms with E-state index in [1.165, 1.54) is 19.3 Å². The van der Waals surface area contributed by atoms with Crippen LogP contribution in [0.4, 0.5) is 0 Å². The molecular formula is C11H18. The predicted molar refractivity (Wildman–Crippen MR) is 50.5 cm³/mol. The van der Waals surface area contributed by atoms with E-state index in [0.29, 0.717) is 0 Å². The maximum Gasteiger partial charge on any atom is -0.0176 e. The Bertz CT molecular complexity index is 151. The third kappa shape index (κ3) is 2.92. The molecule has 0 heterocycles. The van der Waals surface area contributed by atoms with Gasteiger partial charge in [-0.15, -0.1) is 0 Å². The van der Waals surface area contributed by atoms with E-state index >= 15 is 0 Å². The monoisotopic (exact) mass is 150 g/mol. The molecule has 1 rings (SSSR count). The van der Waals surface area contributed by atoms with Crippen molar-refractivity contribution in [3.63, 3.8) is 0 Å². The van der Waals surface area contributed by atoms with Gasteiger partial charge in [-0.05, 0) is 31.1 Å². The molecule has 1 aliphatic rings. The van der Waals surface area contributed by atoms with Crippen LogP contribution in [-0.4, -0.2) is 0 Å². The van der Waals surface area contributed by atoms with Gasteiger partial charge in [-0.25, -0.2) is 0 Å². The summed E-state index contributed by atoms with van der Waals surface area (Å²) in [4.78, 5) is 0. The molecule has 0 fully saturated rings. The van der Waals surface area contributed by atoms with Gasteiger partial charge in [-0.3, -0.25) is 0 Å². The summed E-state index contributed by atoms with van der Waals surface area (Å²) in [5.74, 6) is 1.56. The van der Waals surface area contributed by atoms with E-state index in [2.05, 4.69) is 38.2 Å². The van der Waals surface area contributed by atoms with Gasteiger partial charge in [0.2, 0.25) is 0 Å². The van der Waals surface area contributed by atoms with E-state index in [4.69, 9.17) is 0 Å². The quantitative estimate of drug-likeness (QED) is 0.501. The van der Waals surface area contributed by atoms with Crippen molar-refractivity contribution >= 4 is 0 Å². The van der Waals surface area contributed by atoms with Crippen molar-refractivity contribution in [2.45, 2.75) is 33.1 Å². The first-order valence-corrected chi connectivity index (χ1v) is 4.62. The van der Waals surface area contributed by atoms with Gasteiger partial charge in [-0.2, -0.15) is 0 Å². The molecule has 1 aliphatic carbocycles. The molecule has 0 saturated carbocycles. The fourth-order valence-electron chi connectivity index (χ4n) is 1.41. The van der Waals surface area contributed by atoms with E-state index in [1.807, 2.05) is 0 Å². The van der Waals surface area contributed by atoms with E-state index in [9.17, 15) is 0 Å². The van der Waals surface area contributed by atoms with Crippen LogP contribution in [0.1, 0.15) is 33.1 Å². The zero-order valence-electron chi connectivity index (χ0n) is 7.59. The summed E-state index contributed by atoms with van der Waals surface area (Å²) >= 11 is 0. The van der Waals surface area contributed by atoms with Crippen LogP contribution >= 0.6 is 0 Å². The van der Waals surface area contributed by atoms with Crippen molar-refractivity contribution in [1.29, 1.82) is 0 Å². The zero-order valence-corrected chi connectivity index (χ0v) is 7.59. The fraction of sp³-hybridized carbons (Fsp3) is 0.636. The minimum Gasteiger partial charge on any atom is -0.0882 e. The minimum absolute atomic E-state index is 0.770. The third-order valence-electron chi connectivity index (χ3n) is 2.31. The highest BCUT2D eigenvalue weighted by Gasteiger charge is 2.07. The highest BCUT2D eigenvalue weighted by Crippen LogP contribution is 2.19. The van der Waals surface area contributed by atoms with Crippen LogP contribution in [-0.2, 0) is 0 Å². The molecule has 0 radical (unpaired) electrons. The third-order valence-corrected chi connectivity index (χ3v) is 2.31. The molecule has 0 spiro atoms. The van der Waals surface area contributed by atoms with E-state index < -0.39 is 0 Å². The Labute approximate surface area is 70.0 Å². The van der Waals surface area contributed by atoms with Crippen LogP contribution in [0.2, 0.25) is 0 Å². The molecule has 0 aliphatic heterocycles. The maximum atomic E-state index is 2.38. The van der Waals surface area contributed by atoms with Crippen LogP contribution in [0, 0.1) is 11.8 Å². The first kappa shape index (κ1) is 8.58. The normalized spacial score (nSPS) is 31.0. The van der Waals surface area contributed by atoms with Gasteiger partial charge in [0, 0.05) is 0 Å². The number of rotatable bonds is 1. The molecule has 62 valence electrons. The minimum atomic E-state index is 0.770. The zero-order chi connectivity index (χ0) is 8.10. The summed E-state index contributed by atoms with van der Waals surface area (Å²) < 4.78 is 0. The second-order valence-electron chi connectivity index (χ2n) is 3.62. The van der Waals surface area contributed by atoms with E-state index in [0.717, 1.165) is 11.8 Å². The SMILES string of the molecule is CC(C)C1/C=C\CC/C=C\C1. The Kier molecular flexibility index (Phi) is 3.41. The molecule has 1 unspecified atom stereocenters. The Hall–Kier alpha value is -0.520. The largest absolute Gasteiger partial charge is 0.0882 e. The van der Waals surface area contributed by atoms with Crippen molar-refractivity contribution in [2.75, 3.05) is 0 Å². The molecule has 0 heteroatoms. The van der Waals surface area contributed by atoms with Gasteiger partial charge in [-0.1, -0.05) is 38.2 Å². The summed E-state index contributed by atoms with van der Waals surface area (Å²) in [6.07, 6.45) is 13.0. The second kappa shape index (κ2) is 4.38. The molecular weight excluding hydrogens is 132 g/mol. The molecule has 0 aromatic carbocycles. The van der Waals surface area contributed by atoms with Gasteiger partial charge in [0.1, 0.15) is 0 Å². The first-order valence-electron chi connectivity index (χ1n) is 4.62. The lowest BCUT2D eigenvalue weighted by Gasteiger charge is -2.15. The lowest BCUT2D eigenvalue weighted by atomic mass is 9.90. The van der Waals surface area contributed by atoms with Crippen LogP contribution in [0.25, 0.3) is 0 Å². The summed E-state index contributed by atoms with van der Waals surface area (Å²) in [7, 11) is 0. The summed E-state index contributed by atoms with van der Waals surface area (Å²) in [5, 5.41) is 0. The average Bonchev–Trinajstić information content (AvgIpc) is 1.84. The molecule has 0 aromatic rings. The van der Waals surface area contributed by atoms with E-state index in [-0.39, 0.29) is 0 Å². The van der Waals surface area contributed by atoms with Gasteiger partial charge < -0.3 is 0 Å². The van der Waals surface area contributed by atoms with Gasteiger partial charge >= 0.3 is 0 Å². The number of hydrogen-bond acceptors (Lipinski definition) is 0. The van der Waals surface area contributed by atoms with Crippen LogP contribution < -0.4 is 0 Å². The van der Waals surface area contributed by atoms with E-state index in [1.54, 1.807) is 0 Å². The van der Waals surface area contributed by atoms with Crippen molar-refractivity contribution in [3.05, 3.63) is 24.3 Å². The Morgan fingerprint density at radius 2 is 1.82 bits per heavy atom. The van der Waals surface area contributed by atoms with Crippen LogP contribution in [0.15, 0.2) is 24.3 Å². The fourth-order valence-corrected chi connectivity index (χ4v) is 1.41. The van der Waals surface area contributed by atoms with Gasteiger partial charge in [0.15, 0.2) is 0 Å².